The number of carbonyl (C=O) groups excluding carboxylic acids is 1. The highest BCUT2D eigenvalue weighted by Crippen LogP contribution is 2.18. The molecule has 0 aromatic carbocycles. The van der Waals surface area contributed by atoms with Crippen LogP contribution in [0.2, 0.25) is 0 Å². The van der Waals surface area contributed by atoms with Gasteiger partial charge in [0, 0.05) is 12.6 Å². The maximum absolute atomic E-state index is 12.0. The lowest BCUT2D eigenvalue weighted by Crippen LogP contribution is -2.30. The zero-order chi connectivity index (χ0) is 15.1. The number of carbonyl (C=O) groups is 1. The van der Waals surface area contributed by atoms with Gasteiger partial charge in [0.2, 0.25) is 5.91 Å². The number of amides is 1. The zero-order valence-corrected chi connectivity index (χ0v) is 13.0. The van der Waals surface area contributed by atoms with E-state index in [0.29, 0.717) is 19.4 Å². The van der Waals surface area contributed by atoms with Crippen molar-refractivity contribution in [1.82, 2.24) is 19.9 Å². The molecular formula is C14H21N5OS. The van der Waals surface area contributed by atoms with Crippen LogP contribution >= 0.6 is 11.8 Å². The van der Waals surface area contributed by atoms with E-state index in [1.165, 1.54) is 0 Å². The van der Waals surface area contributed by atoms with Gasteiger partial charge in [-0.05, 0) is 43.5 Å². The number of aromatic nitrogens is 3. The molecule has 1 amide bonds. The van der Waals surface area contributed by atoms with Gasteiger partial charge in [-0.3, -0.25) is 9.20 Å². The number of hydrogen-bond acceptors (Lipinski definition) is 5. The average molecular weight is 307 g/mol. The van der Waals surface area contributed by atoms with Crippen molar-refractivity contribution in [2.45, 2.75) is 25.3 Å². The number of nitrogens with two attached hydrogens (primary N) is 1. The molecular weight excluding hydrogens is 286 g/mol. The molecule has 3 N–H and O–H groups in total. The van der Waals surface area contributed by atoms with E-state index in [1.807, 2.05) is 28.8 Å². The highest BCUT2D eigenvalue weighted by molar-refractivity contribution is 7.98. The van der Waals surface area contributed by atoms with E-state index in [1.54, 1.807) is 11.8 Å². The van der Waals surface area contributed by atoms with E-state index < -0.39 is 0 Å². The Morgan fingerprint density at radius 2 is 2.33 bits per heavy atom. The van der Waals surface area contributed by atoms with E-state index in [0.717, 1.165) is 23.6 Å². The van der Waals surface area contributed by atoms with Gasteiger partial charge in [0.25, 0.3) is 0 Å². The smallest absolute Gasteiger partial charge is 0.220 e. The van der Waals surface area contributed by atoms with E-state index in [2.05, 4.69) is 21.8 Å². The van der Waals surface area contributed by atoms with Gasteiger partial charge in [0.15, 0.2) is 11.5 Å². The third-order valence-corrected chi connectivity index (χ3v) is 3.85. The molecule has 0 radical (unpaired) electrons. The summed E-state index contributed by atoms with van der Waals surface area (Å²) in [5, 5.41) is 11.4. The Kier molecular flexibility index (Phi) is 6.01. The molecule has 2 heterocycles. The van der Waals surface area contributed by atoms with Crippen LogP contribution in [0.5, 0.6) is 0 Å². The SMILES string of the molecule is CSCCC(NC(=O)CCCN)c1nnc2ccccn12. The van der Waals surface area contributed by atoms with Crippen LogP contribution in [0.15, 0.2) is 24.4 Å². The molecule has 2 aromatic rings. The van der Waals surface area contributed by atoms with Crippen LogP contribution in [0.1, 0.15) is 31.1 Å². The summed E-state index contributed by atoms with van der Waals surface area (Å²) in [6, 6.07) is 5.63. The van der Waals surface area contributed by atoms with Crippen LogP contribution in [0.25, 0.3) is 5.65 Å². The van der Waals surface area contributed by atoms with Gasteiger partial charge >= 0.3 is 0 Å². The van der Waals surface area contributed by atoms with Crippen molar-refractivity contribution < 1.29 is 4.79 Å². The second kappa shape index (κ2) is 7.99. The van der Waals surface area contributed by atoms with Crippen molar-refractivity contribution in [1.29, 1.82) is 0 Å². The second-order valence-corrected chi connectivity index (χ2v) is 5.77. The van der Waals surface area contributed by atoms with Crippen molar-refractivity contribution in [3.05, 3.63) is 30.2 Å². The summed E-state index contributed by atoms with van der Waals surface area (Å²) in [4.78, 5) is 12.0. The number of nitrogens with one attached hydrogen (secondary N) is 1. The molecule has 21 heavy (non-hydrogen) atoms. The van der Waals surface area contributed by atoms with Crippen molar-refractivity contribution in [3.63, 3.8) is 0 Å². The fraction of sp³-hybridized carbons (Fsp3) is 0.500. The molecule has 114 valence electrons. The quantitative estimate of drug-likeness (QED) is 0.769. The topological polar surface area (TPSA) is 85.3 Å². The summed E-state index contributed by atoms with van der Waals surface area (Å²) < 4.78 is 1.92. The predicted octanol–water partition coefficient (Wildman–Crippen LogP) is 1.38. The lowest BCUT2D eigenvalue weighted by atomic mass is 10.2. The summed E-state index contributed by atoms with van der Waals surface area (Å²) in [6.07, 6.45) is 5.94. The first kappa shape index (κ1) is 15.8. The molecule has 1 unspecified atom stereocenters. The molecule has 7 heteroatoms. The average Bonchev–Trinajstić information content (AvgIpc) is 2.93. The highest BCUT2D eigenvalue weighted by Gasteiger charge is 2.19. The van der Waals surface area contributed by atoms with E-state index in [-0.39, 0.29) is 11.9 Å². The summed E-state index contributed by atoms with van der Waals surface area (Å²) in [7, 11) is 0. The molecule has 2 rings (SSSR count). The molecule has 0 aliphatic heterocycles. The third kappa shape index (κ3) is 4.18. The number of hydrogen-bond donors (Lipinski definition) is 2. The Morgan fingerprint density at radius 1 is 1.48 bits per heavy atom. The summed E-state index contributed by atoms with van der Waals surface area (Å²) in [5.74, 6) is 1.74. The van der Waals surface area contributed by atoms with Crippen LogP contribution in [-0.2, 0) is 4.79 Å². The number of nitrogens with zero attached hydrogens (tertiary/aromatic N) is 3. The largest absolute Gasteiger partial charge is 0.346 e. The van der Waals surface area contributed by atoms with Gasteiger partial charge in [-0.25, -0.2) is 0 Å². The van der Waals surface area contributed by atoms with Crippen LogP contribution in [0, 0.1) is 0 Å². The van der Waals surface area contributed by atoms with Crippen molar-refractivity contribution in [2.24, 2.45) is 5.73 Å². The number of fused-ring (bicyclic) bond motifs is 1. The van der Waals surface area contributed by atoms with Crippen molar-refractivity contribution in [3.8, 4) is 0 Å². The Balaban J connectivity index is 2.16. The summed E-state index contributed by atoms with van der Waals surface area (Å²) in [5.41, 5.74) is 6.24. The molecule has 0 aliphatic carbocycles. The number of thioether (sulfide) groups is 1. The second-order valence-electron chi connectivity index (χ2n) is 4.78. The molecule has 0 spiro atoms. The standard InChI is InChI=1S/C14H21N5OS/c1-21-10-7-11(16-13(20)6-4-8-15)14-18-17-12-5-2-3-9-19(12)14/h2-3,5,9,11H,4,6-8,10,15H2,1H3,(H,16,20). The fourth-order valence-corrected chi connectivity index (χ4v) is 2.60. The van der Waals surface area contributed by atoms with Crippen molar-refractivity contribution in [2.75, 3.05) is 18.6 Å². The van der Waals surface area contributed by atoms with Gasteiger partial charge in [0.05, 0.1) is 6.04 Å². The predicted molar refractivity (Wildman–Crippen MR) is 85.2 cm³/mol. The van der Waals surface area contributed by atoms with E-state index in [4.69, 9.17) is 5.73 Å². The van der Waals surface area contributed by atoms with Crippen LogP contribution in [0.3, 0.4) is 0 Å². The normalized spacial score (nSPS) is 12.5. The minimum absolute atomic E-state index is 0.0132. The maximum atomic E-state index is 12.0. The Morgan fingerprint density at radius 3 is 3.10 bits per heavy atom. The molecule has 2 aromatic heterocycles. The monoisotopic (exact) mass is 307 g/mol. The van der Waals surface area contributed by atoms with E-state index in [9.17, 15) is 4.79 Å². The first-order valence-electron chi connectivity index (χ1n) is 7.04. The third-order valence-electron chi connectivity index (χ3n) is 3.21. The van der Waals surface area contributed by atoms with Crippen LogP contribution in [-0.4, -0.2) is 39.1 Å². The lowest BCUT2D eigenvalue weighted by molar-refractivity contribution is -0.122. The number of pyridine rings is 1. The molecule has 0 aliphatic rings. The highest BCUT2D eigenvalue weighted by atomic mass is 32.2. The summed E-state index contributed by atoms with van der Waals surface area (Å²) >= 11 is 1.75. The fourth-order valence-electron chi connectivity index (χ4n) is 2.13. The van der Waals surface area contributed by atoms with Crippen LogP contribution in [0.4, 0.5) is 0 Å². The Labute approximate surface area is 128 Å². The van der Waals surface area contributed by atoms with Crippen molar-refractivity contribution >= 4 is 23.3 Å². The maximum Gasteiger partial charge on any atom is 0.220 e. The number of rotatable bonds is 8. The van der Waals surface area contributed by atoms with Gasteiger partial charge in [0.1, 0.15) is 0 Å². The van der Waals surface area contributed by atoms with Gasteiger partial charge < -0.3 is 11.1 Å². The first-order chi connectivity index (χ1) is 10.3. The zero-order valence-electron chi connectivity index (χ0n) is 12.2. The molecule has 0 saturated heterocycles. The Bertz CT molecular complexity index is 586. The minimum atomic E-state index is -0.125. The van der Waals surface area contributed by atoms with Crippen LogP contribution < -0.4 is 11.1 Å². The molecule has 0 saturated carbocycles. The first-order valence-corrected chi connectivity index (χ1v) is 8.43. The molecule has 0 bridgehead atoms. The molecule has 1 atom stereocenters. The Hall–Kier alpha value is -1.60. The van der Waals surface area contributed by atoms with Gasteiger partial charge in [-0.1, -0.05) is 6.07 Å². The van der Waals surface area contributed by atoms with Gasteiger partial charge in [-0.15, -0.1) is 10.2 Å². The summed E-state index contributed by atoms with van der Waals surface area (Å²) in [6.45, 7) is 0.525. The lowest BCUT2D eigenvalue weighted by Gasteiger charge is -2.17. The minimum Gasteiger partial charge on any atom is -0.346 e. The molecule has 0 fully saturated rings. The van der Waals surface area contributed by atoms with E-state index >= 15 is 0 Å². The molecule has 6 nitrogen and oxygen atoms in total. The van der Waals surface area contributed by atoms with Gasteiger partial charge in [-0.2, -0.15) is 11.8 Å².